The Labute approximate surface area is 238 Å². The zero-order valence-corrected chi connectivity index (χ0v) is 23.6. The lowest BCUT2D eigenvalue weighted by Crippen LogP contribution is -2.35. The zero-order chi connectivity index (χ0) is 26.5. The summed E-state index contributed by atoms with van der Waals surface area (Å²) in [6.07, 6.45) is 4.63. The standard InChI is InChI=1S/C30H30Cl2N4OS/c1-20-8-7-11-22(16-20)19-38-30-35-34-28(36(30)27-15-14-24(31)18-25(27)32)26(17-21-9-3-2-4-10-21)33-29(37)23-12-5-6-13-23/h2-4,7-11,14-16,18,23,26H,5-6,12-13,17,19H2,1H3,(H,33,37). The number of carbonyl (C=O) groups is 1. The number of carbonyl (C=O) groups excluding carboxylic acids is 1. The molecule has 1 aliphatic carbocycles. The molecule has 3 aromatic carbocycles. The van der Waals surface area contributed by atoms with Gasteiger partial charge in [0.05, 0.1) is 16.8 Å². The molecule has 38 heavy (non-hydrogen) atoms. The average Bonchev–Trinajstić information content (AvgIpc) is 3.59. The van der Waals surface area contributed by atoms with E-state index in [0.29, 0.717) is 27.4 Å². The van der Waals surface area contributed by atoms with Crippen molar-refractivity contribution in [2.45, 2.75) is 56.0 Å². The van der Waals surface area contributed by atoms with E-state index < -0.39 is 0 Å². The predicted octanol–water partition coefficient (Wildman–Crippen LogP) is 7.77. The number of nitrogens with zero attached hydrogens (tertiary/aromatic N) is 3. The molecule has 196 valence electrons. The summed E-state index contributed by atoms with van der Waals surface area (Å²) in [5.41, 5.74) is 4.25. The molecule has 0 spiro atoms. The van der Waals surface area contributed by atoms with Crippen LogP contribution in [-0.4, -0.2) is 20.7 Å². The number of aromatic nitrogens is 3. The van der Waals surface area contributed by atoms with Gasteiger partial charge in [-0.3, -0.25) is 9.36 Å². The van der Waals surface area contributed by atoms with E-state index in [2.05, 4.69) is 58.8 Å². The molecule has 1 saturated carbocycles. The van der Waals surface area contributed by atoms with Crippen molar-refractivity contribution < 1.29 is 4.79 Å². The number of aryl methyl sites for hydroxylation is 1. The van der Waals surface area contributed by atoms with Gasteiger partial charge >= 0.3 is 0 Å². The molecule has 1 aromatic heterocycles. The smallest absolute Gasteiger partial charge is 0.223 e. The Bertz CT molecular complexity index is 1400. The highest BCUT2D eigenvalue weighted by Crippen LogP contribution is 2.34. The van der Waals surface area contributed by atoms with Crippen LogP contribution in [0.2, 0.25) is 10.0 Å². The first-order chi connectivity index (χ1) is 18.5. The van der Waals surface area contributed by atoms with E-state index in [4.69, 9.17) is 23.2 Å². The minimum atomic E-state index is -0.377. The number of benzene rings is 3. The van der Waals surface area contributed by atoms with Crippen molar-refractivity contribution >= 4 is 40.9 Å². The highest BCUT2D eigenvalue weighted by atomic mass is 35.5. The molecule has 4 aromatic rings. The van der Waals surface area contributed by atoms with Crippen molar-refractivity contribution in [3.63, 3.8) is 0 Å². The summed E-state index contributed by atoms with van der Waals surface area (Å²) in [5, 5.41) is 14.3. The van der Waals surface area contributed by atoms with Crippen LogP contribution in [0.25, 0.3) is 5.69 Å². The lowest BCUT2D eigenvalue weighted by atomic mass is 10.0. The molecule has 0 aliphatic heterocycles. The fourth-order valence-corrected chi connectivity index (χ4v) is 6.36. The molecule has 1 unspecified atom stereocenters. The van der Waals surface area contributed by atoms with Gasteiger partial charge in [0, 0.05) is 16.7 Å². The highest BCUT2D eigenvalue weighted by Gasteiger charge is 2.29. The van der Waals surface area contributed by atoms with Gasteiger partial charge in [-0.2, -0.15) is 0 Å². The van der Waals surface area contributed by atoms with Crippen LogP contribution in [0, 0.1) is 12.8 Å². The number of amides is 1. The molecule has 1 N–H and O–H groups in total. The molecule has 5 rings (SSSR count). The molecule has 5 nitrogen and oxygen atoms in total. The molecule has 1 heterocycles. The van der Waals surface area contributed by atoms with E-state index >= 15 is 0 Å². The van der Waals surface area contributed by atoms with Crippen LogP contribution in [0.5, 0.6) is 0 Å². The van der Waals surface area contributed by atoms with Gasteiger partial charge in [0.1, 0.15) is 0 Å². The Hall–Kier alpha value is -2.80. The zero-order valence-electron chi connectivity index (χ0n) is 21.2. The summed E-state index contributed by atoms with van der Waals surface area (Å²) in [6, 6.07) is 23.6. The Morgan fingerprint density at radius 1 is 1.00 bits per heavy atom. The quantitative estimate of drug-likeness (QED) is 0.211. The first-order valence-electron chi connectivity index (χ1n) is 12.9. The second-order valence-electron chi connectivity index (χ2n) is 9.78. The Morgan fingerprint density at radius 3 is 2.50 bits per heavy atom. The first kappa shape index (κ1) is 26.8. The molecule has 0 saturated heterocycles. The van der Waals surface area contributed by atoms with Crippen molar-refractivity contribution in [3.8, 4) is 5.69 Å². The average molecular weight is 566 g/mol. The van der Waals surface area contributed by atoms with Gasteiger partial charge in [0.2, 0.25) is 5.91 Å². The summed E-state index contributed by atoms with van der Waals surface area (Å²) >= 11 is 14.5. The maximum Gasteiger partial charge on any atom is 0.223 e. The molecule has 1 aliphatic rings. The third-order valence-corrected chi connectivity index (χ3v) is 8.43. The van der Waals surface area contributed by atoms with Crippen molar-refractivity contribution in [2.24, 2.45) is 5.92 Å². The van der Waals surface area contributed by atoms with Gasteiger partial charge in [-0.1, -0.05) is 108 Å². The molecule has 1 fully saturated rings. The van der Waals surface area contributed by atoms with Gasteiger partial charge in [-0.05, 0) is 55.5 Å². The summed E-state index contributed by atoms with van der Waals surface area (Å²) in [6.45, 7) is 2.09. The van der Waals surface area contributed by atoms with Crippen molar-refractivity contribution in [2.75, 3.05) is 0 Å². The molecular formula is C30H30Cl2N4OS. The fourth-order valence-electron chi connectivity index (χ4n) is 4.97. The van der Waals surface area contributed by atoms with E-state index in [1.54, 1.807) is 17.8 Å². The monoisotopic (exact) mass is 564 g/mol. The van der Waals surface area contributed by atoms with E-state index in [1.165, 1.54) is 11.1 Å². The molecule has 1 atom stereocenters. The van der Waals surface area contributed by atoms with Gasteiger partial charge < -0.3 is 5.32 Å². The third-order valence-electron chi connectivity index (χ3n) is 6.90. The van der Waals surface area contributed by atoms with Crippen LogP contribution in [0.4, 0.5) is 0 Å². The lowest BCUT2D eigenvalue weighted by Gasteiger charge is -2.22. The number of thioether (sulfide) groups is 1. The van der Waals surface area contributed by atoms with Gasteiger partial charge in [-0.15, -0.1) is 10.2 Å². The maximum atomic E-state index is 13.3. The first-order valence-corrected chi connectivity index (χ1v) is 14.7. The van der Waals surface area contributed by atoms with Crippen molar-refractivity contribution in [3.05, 3.63) is 105 Å². The topological polar surface area (TPSA) is 59.8 Å². The molecule has 0 bridgehead atoms. The molecule has 0 radical (unpaired) electrons. The number of rotatable bonds is 9. The minimum absolute atomic E-state index is 0.0407. The SMILES string of the molecule is Cc1cccc(CSc2nnc(C(Cc3ccccc3)NC(=O)C3CCCC3)n2-c2ccc(Cl)cc2Cl)c1. The van der Waals surface area contributed by atoms with Crippen LogP contribution in [-0.2, 0) is 17.0 Å². The summed E-state index contributed by atoms with van der Waals surface area (Å²) in [4.78, 5) is 13.3. The van der Waals surface area contributed by atoms with Crippen LogP contribution in [0.15, 0.2) is 78.0 Å². The van der Waals surface area contributed by atoms with Crippen molar-refractivity contribution in [1.29, 1.82) is 0 Å². The maximum absolute atomic E-state index is 13.3. The largest absolute Gasteiger partial charge is 0.345 e. The summed E-state index contributed by atoms with van der Waals surface area (Å²) < 4.78 is 1.97. The van der Waals surface area contributed by atoms with Crippen LogP contribution >= 0.6 is 35.0 Å². The number of halogens is 2. The Kier molecular flexibility index (Phi) is 8.72. The normalized spacial score (nSPS) is 14.5. The lowest BCUT2D eigenvalue weighted by molar-refractivity contribution is -0.125. The summed E-state index contributed by atoms with van der Waals surface area (Å²) in [5.74, 6) is 1.49. The third kappa shape index (κ3) is 6.42. The summed E-state index contributed by atoms with van der Waals surface area (Å²) in [7, 11) is 0. The van der Waals surface area contributed by atoms with Gasteiger partial charge in [0.25, 0.3) is 0 Å². The second kappa shape index (κ2) is 12.4. The number of nitrogens with one attached hydrogen (secondary N) is 1. The van der Waals surface area contributed by atoms with Crippen LogP contribution in [0.3, 0.4) is 0 Å². The second-order valence-corrected chi connectivity index (χ2v) is 11.6. The molecule has 8 heteroatoms. The molecule has 1 amide bonds. The minimum Gasteiger partial charge on any atom is -0.345 e. The Balaban J connectivity index is 1.54. The predicted molar refractivity (Wildman–Crippen MR) is 155 cm³/mol. The van der Waals surface area contributed by atoms with Crippen LogP contribution < -0.4 is 5.32 Å². The van der Waals surface area contributed by atoms with E-state index in [1.807, 2.05) is 34.9 Å². The number of hydrogen-bond donors (Lipinski definition) is 1. The number of hydrogen-bond acceptors (Lipinski definition) is 4. The van der Waals surface area contributed by atoms with E-state index in [0.717, 1.165) is 42.7 Å². The van der Waals surface area contributed by atoms with E-state index in [-0.39, 0.29) is 17.9 Å². The molecular weight excluding hydrogens is 535 g/mol. The fraction of sp³-hybridized carbons (Fsp3) is 0.300. The Morgan fingerprint density at radius 2 is 1.76 bits per heavy atom. The van der Waals surface area contributed by atoms with E-state index in [9.17, 15) is 4.79 Å². The highest BCUT2D eigenvalue weighted by molar-refractivity contribution is 7.98. The van der Waals surface area contributed by atoms with Crippen molar-refractivity contribution in [1.82, 2.24) is 20.1 Å². The van der Waals surface area contributed by atoms with Crippen LogP contribution in [0.1, 0.15) is 54.2 Å². The van der Waals surface area contributed by atoms with Gasteiger partial charge in [0.15, 0.2) is 11.0 Å². The van der Waals surface area contributed by atoms with Gasteiger partial charge in [-0.25, -0.2) is 0 Å².